The van der Waals surface area contributed by atoms with Gasteiger partial charge in [-0.25, -0.2) is 0 Å². The van der Waals surface area contributed by atoms with Crippen LogP contribution in [0, 0.1) is 11.8 Å². The topological polar surface area (TPSA) is 3.24 Å². The molecule has 1 saturated heterocycles. The molecule has 1 nitrogen and oxygen atoms in total. The summed E-state index contributed by atoms with van der Waals surface area (Å²) in [6, 6.07) is 0. The van der Waals surface area contributed by atoms with Gasteiger partial charge in [0.25, 0.3) is 0 Å². The molecule has 86 valence electrons. The van der Waals surface area contributed by atoms with E-state index in [9.17, 15) is 0 Å². The summed E-state index contributed by atoms with van der Waals surface area (Å²) in [4.78, 5) is 3.43. The van der Waals surface area contributed by atoms with E-state index in [2.05, 4.69) is 40.8 Å². The van der Waals surface area contributed by atoms with Crippen LogP contribution >= 0.6 is 15.9 Å². The van der Waals surface area contributed by atoms with Gasteiger partial charge in [0.05, 0.1) is 0 Å². The second-order valence-corrected chi connectivity index (χ2v) is 6.73. The first-order valence-electron chi connectivity index (χ1n) is 6.15. The summed E-state index contributed by atoms with van der Waals surface area (Å²) in [5.74, 6) is 1.96. The molecule has 1 aliphatic heterocycles. The molecule has 2 aliphatic rings. The van der Waals surface area contributed by atoms with Crippen LogP contribution in [0.25, 0.3) is 0 Å². The molecule has 1 aliphatic carbocycles. The van der Waals surface area contributed by atoms with Crippen molar-refractivity contribution in [3.63, 3.8) is 0 Å². The van der Waals surface area contributed by atoms with Gasteiger partial charge in [-0.05, 0) is 44.9 Å². The number of hydrogen-bond acceptors (Lipinski definition) is 1. The van der Waals surface area contributed by atoms with Gasteiger partial charge in [0.1, 0.15) is 0 Å². The van der Waals surface area contributed by atoms with Gasteiger partial charge >= 0.3 is 0 Å². The fraction of sp³-hybridized carbons (Fsp3) is 0.846. The third-order valence-electron chi connectivity index (χ3n) is 3.82. The summed E-state index contributed by atoms with van der Waals surface area (Å²) >= 11 is 3.78. The SMILES string of the molecule is CC(C)=CCN1CC2CCC(Br)CC2C1. The molecule has 0 radical (unpaired) electrons. The highest BCUT2D eigenvalue weighted by atomic mass is 79.9. The summed E-state index contributed by atoms with van der Waals surface area (Å²) in [6.45, 7) is 8.22. The highest BCUT2D eigenvalue weighted by Crippen LogP contribution is 2.38. The lowest BCUT2D eigenvalue weighted by Gasteiger charge is -2.27. The van der Waals surface area contributed by atoms with E-state index in [1.807, 2.05) is 0 Å². The molecule has 0 amide bonds. The van der Waals surface area contributed by atoms with Crippen LogP contribution in [0.15, 0.2) is 11.6 Å². The fourth-order valence-electron chi connectivity index (χ4n) is 2.93. The van der Waals surface area contributed by atoms with Crippen molar-refractivity contribution < 1.29 is 0 Å². The molecule has 0 bridgehead atoms. The Morgan fingerprint density at radius 2 is 2.00 bits per heavy atom. The Kier molecular flexibility index (Phi) is 3.89. The molecule has 0 aromatic heterocycles. The van der Waals surface area contributed by atoms with E-state index in [-0.39, 0.29) is 0 Å². The number of nitrogens with zero attached hydrogens (tertiary/aromatic N) is 1. The van der Waals surface area contributed by atoms with Crippen LogP contribution in [-0.4, -0.2) is 29.4 Å². The number of hydrogen-bond donors (Lipinski definition) is 0. The summed E-state index contributed by atoms with van der Waals surface area (Å²) in [6.07, 6.45) is 6.59. The average Bonchev–Trinajstić information content (AvgIpc) is 2.56. The fourth-order valence-corrected chi connectivity index (χ4v) is 3.68. The van der Waals surface area contributed by atoms with Crippen LogP contribution in [0.2, 0.25) is 0 Å². The molecular weight excluding hydrogens is 250 g/mol. The molecule has 2 fully saturated rings. The summed E-state index contributed by atoms with van der Waals surface area (Å²) < 4.78 is 0. The van der Waals surface area contributed by atoms with Gasteiger partial charge in [-0.3, -0.25) is 4.90 Å². The van der Waals surface area contributed by atoms with Crippen LogP contribution in [-0.2, 0) is 0 Å². The van der Waals surface area contributed by atoms with Gasteiger partial charge < -0.3 is 0 Å². The minimum atomic E-state index is 0.794. The number of rotatable bonds is 2. The molecule has 2 rings (SSSR count). The second-order valence-electron chi connectivity index (χ2n) is 5.43. The van der Waals surface area contributed by atoms with E-state index in [0.717, 1.165) is 16.7 Å². The van der Waals surface area contributed by atoms with Crippen molar-refractivity contribution in [2.45, 2.75) is 37.9 Å². The maximum absolute atomic E-state index is 3.78. The predicted molar refractivity (Wildman–Crippen MR) is 69.4 cm³/mol. The third kappa shape index (κ3) is 3.07. The third-order valence-corrected chi connectivity index (χ3v) is 4.65. The van der Waals surface area contributed by atoms with Gasteiger partial charge in [-0.1, -0.05) is 27.6 Å². The Bertz CT molecular complexity index is 245. The Labute approximate surface area is 102 Å². The van der Waals surface area contributed by atoms with Gasteiger partial charge in [-0.2, -0.15) is 0 Å². The molecule has 3 atom stereocenters. The van der Waals surface area contributed by atoms with Crippen molar-refractivity contribution in [1.29, 1.82) is 0 Å². The highest BCUT2D eigenvalue weighted by Gasteiger charge is 2.36. The lowest BCUT2D eigenvalue weighted by atomic mass is 9.82. The summed E-state index contributed by atoms with van der Waals surface area (Å²) in [7, 11) is 0. The number of halogens is 1. The summed E-state index contributed by atoms with van der Waals surface area (Å²) in [5, 5.41) is 0. The van der Waals surface area contributed by atoms with Crippen LogP contribution in [0.1, 0.15) is 33.1 Å². The normalized spacial score (nSPS) is 36.3. The van der Waals surface area contributed by atoms with Gasteiger partial charge in [0, 0.05) is 24.5 Å². The molecule has 2 heteroatoms. The highest BCUT2D eigenvalue weighted by molar-refractivity contribution is 9.09. The Balaban J connectivity index is 1.85. The molecule has 1 heterocycles. The van der Waals surface area contributed by atoms with Crippen LogP contribution < -0.4 is 0 Å². The quantitative estimate of drug-likeness (QED) is 0.549. The maximum atomic E-state index is 3.78. The monoisotopic (exact) mass is 271 g/mol. The largest absolute Gasteiger partial charge is 0.299 e. The van der Waals surface area contributed by atoms with E-state index in [1.54, 1.807) is 0 Å². The van der Waals surface area contributed by atoms with Crippen LogP contribution in [0.4, 0.5) is 0 Å². The lowest BCUT2D eigenvalue weighted by Crippen LogP contribution is -2.23. The number of fused-ring (bicyclic) bond motifs is 1. The first-order chi connectivity index (χ1) is 7.15. The van der Waals surface area contributed by atoms with E-state index in [1.165, 1.54) is 44.5 Å². The zero-order valence-electron chi connectivity index (χ0n) is 9.88. The van der Waals surface area contributed by atoms with Gasteiger partial charge in [-0.15, -0.1) is 0 Å². The number of likely N-dealkylation sites (tertiary alicyclic amines) is 1. The molecule has 3 unspecified atom stereocenters. The minimum absolute atomic E-state index is 0.794. The second kappa shape index (κ2) is 5.01. The minimum Gasteiger partial charge on any atom is -0.299 e. The Morgan fingerprint density at radius 1 is 1.27 bits per heavy atom. The van der Waals surface area contributed by atoms with Crippen molar-refractivity contribution in [3.8, 4) is 0 Å². The van der Waals surface area contributed by atoms with Gasteiger partial charge in [0.15, 0.2) is 0 Å². The molecule has 0 N–H and O–H groups in total. The predicted octanol–water partition coefficient (Wildman–Crippen LogP) is 3.45. The summed E-state index contributed by atoms with van der Waals surface area (Å²) in [5.41, 5.74) is 1.45. The molecule has 0 aromatic rings. The zero-order valence-corrected chi connectivity index (χ0v) is 11.5. The molecular formula is C13H22BrN. The van der Waals surface area contributed by atoms with Gasteiger partial charge in [0.2, 0.25) is 0 Å². The maximum Gasteiger partial charge on any atom is 0.0165 e. The Morgan fingerprint density at radius 3 is 2.73 bits per heavy atom. The molecule has 15 heavy (non-hydrogen) atoms. The van der Waals surface area contributed by atoms with E-state index >= 15 is 0 Å². The van der Waals surface area contributed by atoms with Crippen molar-refractivity contribution >= 4 is 15.9 Å². The van der Waals surface area contributed by atoms with Crippen molar-refractivity contribution in [2.75, 3.05) is 19.6 Å². The Hall–Kier alpha value is 0.180. The lowest BCUT2D eigenvalue weighted by molar-refractivity contribution is 0.309. The molecule has 0 aromatic carbocycles. The number of allylic oxidation sites excluding steroid dienone is 1. The van der Waals surface area contributed by atoms with Crippen LogP contribution in [0.3, 0.4) is 0 Å². The van der Waals surface area contributed by atoms with Crippen molar-refractivity contribution in [3.05, 3.63) is 11.6 Å². The van der Waals surface area contributed by atoms with Crippen molar-refractivity contribution in [2.24, 2.45) is 11.8 Å². The van der Waals surface area contributed by atoms with E-state index in [4.69, 9.17) is 0 Å². The van der Waals surface area contributed by atoms with E-state index in [0.29, 0.717) is 0 Å². The zero-order chi connectivity index (χ0) is 10.8. The molecule has 1 saturated carbocycles. The van der Waals surface area contributed by atoms with E-state index < -0.39 is 0 Å². The molecule has 0 spiro atoms. The smallest absolute Gasteiger partial charge is 0.0165 e. The first-order valence-corrected chi connectivity index (χ1v) is 7.06. The average molecular weight is 272 g/mol. The standard InChI is InChI=1S/C13H22BrN/c1-10(2)5-6-15-8-11-3-4-13(14)7-12(11)9-15/h5,11-13H,3-4,6-9H2,1-2H3. The first kappa shape index (κ1) is 11.7. The van der Waals surface area contributed by atoms with Crippen molar-refractivity contribution in [1.82, 2.24) is 4.90 Å². The number of alkyl halides is 1. The van der Waals surface area contributed by atoms with Crippen LogP contribution in [0.5, 0.6) is 0 Å².